The second kappa shape index (κ2) is 6.07. The van der Waals surface area contributed by atoms with Crippen molar-refractivity contribution in [2.75, 3.05) is 26.2 Å². The maximum absolute atomic E-state index is 12.5. The van der Waals surface area contributed by atoms with Crippen LogP contribution in [0, 0.1) is 11.3 Å². The average molecular weight is 328 g/mol. The van der Waals surface area contributed by atoms with Gasteiger partial charge in [0.1, 0.15) is 0 Å². The van der Waals surface area contributed by atoms with E-state index in [0.717, 1.165) is 57.4 Å². The number of rotatable bonds is 3. The van der Waals surface area contributed by atoms with E-state index in [4.69, 9.17) is 0 Å². The Hall–Kier alpha value is -2.11. The van der Waals surface area contributed by atoms with Crippen molar-refractivity contribution in [1.82, 2.24) is 20.1 Å². The van der Waals surface area contributed by atoms with Crippen LogP contribution < -0.4 is 5.32 Å². The van der Waals surface area contributed by atoms with Gasteiger partial charge in [-0.1, -0.05) is 6.07 Å². The van der Waals surface area contributed by atoms with E-state index in [1.54, 1.807) is 12.4 Å². The zero-order valence-corrected chi connectivity index (χ0v) is 13.9. The molecule has 6 nitrogen and oxygen atoms in total. The Morgan fingerprint density at radius 1 is 1.25 bits per heavy atom. The zero-order chi connectivity index (χ0) is 16.6. The van der Waals surface area contributed by atoms with Crippen LogP contribution in [0.15, 0.2) is 24.5 Å². The van der Waals surface area contributed by atoms with Gasteiger partial charge in [0.2, 0.25) is 5.91 Å². The molecule has 2 atom stereocenters. The molecular weight excluding hydrogens is 304 g/mol. The van der Waals surface area contributed by atoms with Crippen LogP contribution in [0.3, 0.4) is 0 Å². The fourth-order valence-corrected chi connectivity index (χ4v) is 4.15. The third-order valence-electron chi connectivity index (χ3n) is 5.73. The number of pyridine rings is 1. The predicted octanol–water partition coefficient (Wildman–Crippen LogP) is 1.63. The molecule has 1 N–H and O–H groups in total. The monoisotopic (exact) mass is 328 g/mol. The van der Waals surface area contributed by atoms with E-state index in [9.17, 15) is 9.59 Å². The highest BCUT2D eigenvalue weighted by Crippen LogP contribution is 2.58. The van der Waals surface area contributed by atoms with Crippen molar-refractivity contribution in [3.05, 3.63) is 30.1 Å². The molecule has 24 heavy (non-hydrogen) atoms. The van der Waals surface area contributed by atoms with Gasteiger partial charge in [-0.15, -0.1) is 0 Å². The second-order valence-corrected chi connectivity index (χ2v) is 7.35. The van der Waals surface area contributed by atoms with Gasteiger partial charge in [0, 0.05) is 56.5 Å². The smallest absolute Gasteiger partial charge is 0.320 e. The Labute approximate surface area is 142 Å². The molecular formula is C18H24N4O2. The summed E-state index contributed by atoms with van der Waals surface area (Å²) in [4.78, 5) is 32.9. The standard InChI is InChI=1S/C18H24N4O2/c23-16(20-12-14-4-3-6-19-11-14)15-10-18(15)5-9-22(13-18)17(24)21-7-1-2-8-21/h3-4,6,11,15H,1-2,5,7-10,12-13H2,(H,20,23). The quantitative estimate of drug-likeness (QED) is 0.917. The van der Waals surface area contributed by atoms with Gasteiger partial charge in [-0.25, -0.2) is 4.79 Å². The molecule has 2 saturated heterocycles. The Bertz CT molecular complexity index is 629. The highest BCUT2D eigenvalue weighted by atomic mass is 16.2. The normalized spacial score (nSPS) is 28.4. The molecule has 4 rings (SSSR count). The predicted molar refractivity (Wildman–Crippen MR) is 89.0 cm³/mol. The number of urea groups is 1. The van der Waals surface area contributed by atoms with Crippen molar-refractivity contribution in [3.8, 4) is 0 Å². The molecule has 1 spiro atoms. The van der Waals surface area contributed by atoms with Gasteiger partial charge in [0.15, 0.2) is 0 Å². The summed E-state index contributed by atoms with van der Waals surface area (Å²) in [5, 5.41) is 3.02. The third kappa shape index (κ3) is 2.85. The van der Waals surface area contributed by atoms with Crippen LogP contribution in [0.4, 0.5) is 4.79 Å². The van der Waals surface area contributed by atoms with Gasteiger partial charge in [-0.3, -0.25) is 9.78 Å². The van der Waals surface area contributed by atoms with Crippen LogP contribution in [-0.4, -0.2) is 52.9 Å². The lowest BCUT2D eigenvalue weighted by atomic mass is 10.0. The minimum atomic E-state index is 0.0361. The number of amides is 3. The minimum Gasteiger partial charge on any atom is -0.352 e. The van der Waals surface area contributed by atoms with Crippen LogP contribution in [0.2, 0.25) is 0 Å². The fraction of sp³-hybridized carbons (Fsp3) is 0.611. The van der Waals surface area contributed by atoms with Crippen molar-refractivity contribution >= 4 is 11.9 Å². The third-order valence-corrected chi connectivity index (χ3v) is 5.73. The van der Waals surface area contributed by atoms with Crippen molar-refractivity contribution < 1.29 is 9.59 Å². The van der Waals surface area contributed by atoms with Gasteiger partial charge in [0.25, 0.3) is 0 Å². The van der Waals surface area contributed by atoms with E-state index in [0.29, 0.717) is 6.54 Å². The lowest BCUT2D eigenvalue weighted by Crippen LogP contribution is -2.40. The number of carbonyl (C=O) groups is 2. The van der Waals surface area contributed by atoms with Crippen LogP contribution >= 0.6 is 0 Å². The average Bonchev–Trinajstić information content (AvgIpc) is 2.98. The molecule has 3 amide bonds. The summed E-state index contributed by atoms with van der Waals surface area (Å²) in [6.45, 7) is 3.83. The molecule has 2 unspecified atom stereocenters. The van der Waals surface area contributed by atoms with E-state index in [1.165, 1.54) is 0 Å². The van der Waals surface area contributed by atoms with E-state index in [-0.39, 0.29) is 23.3 Å². The number of aromatic nitrogens is 1. The fourth-order valence-electron chi connectivity index (χ4n) is 4.15. The molecule has 1 aromatic rings. The summed E-state index contributed by atoms with van der Waals surface area (Å²) in [6.07, 6.45) is 7.60. The minimum absolute atomic E-state index is 0.0361. The summed E-state index contributed by atoms with van der Waals surface area (Å²) >= 11 is 0. The summed E-state index contributed by atoms with van der Waals surface area (Å²) < 4.78 is 0. The van der Waals surface area contributed by atoms with Crippen LogP contribution in [0.25, 0.3) is 0 Å². The first-order valence-electron chi connectivity index (χ1n) is 8.88. The molecule has 128 valence electrons. The van der Waals surface area contributed by atoms with Crippen LogP contribution in [-0.2, 0) is 11.3 Å². The molecule has 6 heteroatoms. The number of carbonyl (C=O) groups excluding carboxylic acids is 2. The number of hydrogen-bond donors (Lipinski definition) is 1. The number of nitrogens with one attached hydrogen (secondary N) is 1. The second-order valence-electron chi connectivity index (χ2n) is 7.35. The van der Waals surface area contributed by atoms with Crippen molar-refractivity contribution in [2.24, 2.45) is 11.3 Å². The van der Waals surface area contributed by atoms with Crippen LogP contribution in [0.1, 0.15) is 31.2 Å². The summed E-state index contributed by atoms with van der Waals surface area (Å²) in [7, 11) is 0. The summed E-state index contributed by atoms with van der Waals surface area (Å²) in [6, 6.07) is 4.01. The molecule has 3 heterocycles. The highest BCUT2D eigenvalue weighted by Gasteiger charge is 2.61. The van der Waals surface area contributed by atoms with Gasteiger partial charge in [0.05, 0.1) is 0 Å². The molecule has 3 aliphatic rings. The van der Waals surface area contributed by atoms with Crippen LogP contribution in [0.5, 0.6) is 0 Å². The molecule has 2 aliphatic heterocycles. The SMILES string of the molecule is O=C(NCc1cccnc1)C1CC12CCN(C(=O)N1CCCC1)C2. The maximum atomic E-state index is 12.5. The summed E-state index contributed by atoms with van der Waals surface area (Å²) in [5.74, 6) is 0.180. The zero-order valence-electron chi connectivity index (χ0n) is 13.9. The Morgan fingerprint density at radius 2 is 2.08 bits per heavy atom. The molecule has 1 saturated carbocycles. The van der Waals surface area contributed by atoms with E-state index >= 15 is 0 Å². The maximum Gasteiger partial charge on any atom is 0.320 e. The van der Waals surface area contributed by atoms with Crippen molar-refractivity contribution in [1.29, 1.82) is 0 Å². The first-order valence-corrected chi connectivity index (χ1v) is 8.88. The first kappa shape index (κ1) is 15.4. The van der Waals surface area contributed by atoms with Crippen molar-refractivity contribution in [2.45, 2.75) is 32.2 Å². The molecule has 3 fully saturated rings. The lowest BCUT2D eigenvalue weighted by molar-refractivity contribution is -0.123. The van der Waals surface area contributed by atoms with E-state index < -0.39 is 0 Å². The van der Waals surface area contributed by atoms with Crippen molar-refractivity contribution in [3.63, 3.8) is 0 Å². The first-order chi connectivity index (χ1) is 11.7. The molecule has 0 bridgehead atoms. The molecule has 0 aromatic carbocycles. The number of likely N-dealkylation sites (tertiary alicyclic amines) is 2. The molecule has 0 radical (unpaired) electrons. The Balaban J connectivity index is 1.29. The number of nitrogens with zero attached hydrogens (tertiary/aromatic N) is 3. The largest absolute Gasteiger partial charge is 0.352 e. The van der Waals surface area contributed by atoms with Gasteiger partial charge >= 0.3 is 6.03 Å². The van der Waals surface area contributed by atoms with Gasteiger partial charge in [-0.05, 0) is 37.3 Å². The van der Waals surface area contributed by atoms with E-state index in [1.807, 2.05) is 21.9 Å². The topological polar surface area (TPSA) is 65.5 Å². The van der Waals surface area contributed by atoms with Gasteiger partial charge in [-0.2, -0.15) is 0 Å². The summed E-state index contributed by atoms with van der Waals surface area (Å²) in [5.41, 5.74) is 1.05. The lowest BCUT2D eigenvalue weighted by Gasteiger charge is -2.24. The molecule has 1 aliphatic carbocycles. The Kier molecular flexibility index (Phi) is 3.90. The Morgan fingerprint density at radius 3 is 2.83 bits per heavy atom. The molecule has 1 aromatic heterocycles. The highest BCUT2D eigenvalue weighted by molar-refractivity contribution is 5.83. The van der Waals surface area contributed by atoms with Gasteiger partial charge < -0.3 is 15.1 Å². The van der Waals surface area contributed by atoms with E-state index in [2.05, 4.69) is 10.3 Å². The number of hydrogen-bond acceptors (Lipinski definition) is 3.